The minimum atomic E-state index is -4.59. The van der Waals surface area contributed by atoms with Crippen molar-refractivity contribution < 1.29 is 22.3 Å². The zero-order chi connectivity index (χ0) is 21.1. The van der Waals surface area contributed by atoms with E-state index in [4.69, 9.17) is 33.7 Å². The van der Waals surface area contributed by atoms with Crippen LogP contribution in [0.25, 0.3) is 0 Å². The lowest BCUT2D eigenvalue weighted by Gasteiger charge is -2.40. The molecule has 28 heavy (non-hydrogen) atoms. The Labute approximate surface area is 171 Å². The molecule has 0 heterocycles. The third-order valence-corrected chi connectivity index (χ3v) is 5.40. The lowest BCUT2D eigenvalue weighted by atomic mass is 9.66. The fraction of sp³-hybridized carbons (Fsp3) is 0.400. The summed E-state index contributed by atoms with van der Waals surface area (Å²) in [6.45, 7) is 1.42. The molecule has 0 aromatic heterocycles. The van der Waals surface area contributed by atoms with Gasteiger partial charge in [0.15, 0.2) is 0 Å². The molecule has 2 N–H and O–H groups in total. The van der Waals surface area contributed by atoms with E-state index in [2.05, 4.69) is 0 Å². The number of rotatable bonds is 7. The summed E-state index contributed by atoms with van der Waals surface area (Å²) in [6, 6.07) is 7.88. The maximum absolute atomic E-state index is 14.2. The fourth-order valence-electron chi connectivity index (χ4n) is 3.59. The molecule has 0 saturated heterocycles. The third-order valence-electron chi connectivity index (χ3n) is 4.97. The summed E-state index contributed by atoms with van der Waals surface area (Å²) in [5, 5.41) is 0.486. The van der Waals surface area contributed by atoms with Crippen molar-refractivity contribution in [2.45, 2.75) is 31.4 Å². The van der Waals surface area contributed by atoms with Gasteiger partial charge in [0.2, 0.25) is 0 Å². The lowest BCUT2D eigenvalue weighted by Crippen LogP contribution is -2.44. The van der Waals surface area contributed by atoms with Gasteiger partial charge in [0, 0.05) is 21.0 Å². The monoisotopic (exact) mass is 437 g/mol. The van der Waals surface area contributed by atoms with Crippen molar-refractivity contribution in [3.8, 4) is 5.75 Å². The Bertz CT molecular complexity index is 808. The van der Waals surface area contributed by atoms with Crippen molar-refractivity contribution >= 4 is 23.2 Å². The summed E-state index contributed by atoms with van der Waals surface area (Å²) in [5.41, 5.74) is 4.58. The van der Waals surface area contributed by atoms with Crippen LogP contribution in [0.1, 0.15) is 24.5 Å². The molecule has 8 heteroatoms. The van der Waals surface area contributed by atoms with Crippen molar-refractivity contribution in [3.63, 3.8) is 0 Å². The first kappa shape index (κ1) is 22.8. The quantitative estimate of drug-likeness (QED) is 0.525. The zero-order valence-corrected chi connectivity index (χ0v) is 16.9. The Morgan fingerprint density at radius 3 is 2.18 bits per heavy atom. The number of benzene rings is 2. The van der Waals surface area contributed by atoms with Gasteiger partial charge in [-0.3, -0.25) is 0 Å². The number of hydrogen-bond donors (Lipinski definition) is 1. The van der Waals surface area contributed by atoms with Crippen LogP contribution in [0, 0.1) is 11.7 Å². The maximum Gasteiger partial charge on any atom is 0.392 e. The second-order valence-electron chi connectivity index (χ2n) is 6.88. The Morgan fingerprint density at radius 2 is 1.68 bits per heavy atom. The van der Waals surface area contributed by atoms with Crippen molar-refractivity contribution in [2.75, 3.05) is 13.7 Å². The van der Waals surface area contributed by atoms with Gasteiger partial charge in [-0.1, -0.05) is 30.1 Å². The molecule has 0 bridgehead atoms. The number of halogens is 6. The van der Waals surface area contributed by atoms with Crippen LogP contribution in [0.5, 0.6) is 5.75 Å². The Balaban J connectivity index is 2.64. The molecule has 154 valence electrons. The van der Waals surface area contributed by atoms with Gasteiger partial charge in [-0.25, -0.2) is 4.39 Å². The first-order valence-electron chi connectivity index (χ1n) is 8.57. The molecule has 2 atom stereocenters. The molecule has 0 aliphatic carbocycles. The molecule has 2 rings (SSSR count). The van der Waals surface area contributed by atoms with E-state index in [1.807, 2.05) is 0 Å². The van der Waals surface area contributed by atoms with Gasteiger partial charge >= 0.3 is 6.18 Å². The fourth-order valence-corrected chi connectivity index (χ4v) is 4.16. The van der Waals surface area contributed by atoms with Crippen LogP contribution in [0.2, 0.25) is 10.0 Å². The summed E-state index contributed by atoms with van der Waals surface area (Å²) in [7, 11) is 1.33. The van der Waals surface area contributed by atoms with Crippen LogP contribution >= 0.6 is 23.2 Å². The maximum atomic E-state index is 14.2. The van der Waals surface area contributed by atoms with E-state index in [-0.39, 0.29) is 40.7 Å². The number of alkyl halides is 3. The average Bonchev–Trinajstić information content (AvgIpc) is 2.58. The Morgan fingerprint density at radius 1 is 1.07 bits per heavy atom. The number of methoxy groups -OCH3 is 1. The normalized spacial score (nSPS) is 15.2. The lowest BCUT2D eigenvalue weighted by molar-refractivity contribution is -0.193. The SMILES string of the molecule is COc1ccc(F)cc1C(C)(CCN)C(Cc1cc(Cl)cc(Cl)c1)C(F)(F)F. The van der Waals surface area contributed by atoms with E-state index in [0.717, 1.165) is 12.1 Å². The summed E-state index contributed by atoms with van der Waals surface area (Å²) in [6.07, 6.45) is -5.00. The van der Waals surface area contributed by atoms with Gasteiger partial charge in [0.1, 0.15) is 11.6 Å². The topological polar surface area (TPSA) is 35.2 Å². The highest BCUT2D eigenvalue weighted by Gasteiger charge is 2.52. The van der Waals surface area contributed by atoms with Gasteiger partial charge in [-0.15, -0.1) is 0 Å². The highest BCUT2D eigenvalue weighted by atomic mass is 35.5. The van der Waals surface area contributed by atoms with Gasteiger partial charge in [0.05, 0.1) is 13.0 Å². The van der Waals surface area contributed by atoms with Gasteiger partial charge < -0.3 is 10.5 Å². The highest BCUT2D eigenvalue weighted by Crippen LogP contribution is 2.49. The second-order valence-corrected chi connectivity index (χ2v) is 7.75. The summed E-state index contributed by atoms with van der Waals surface area (Å²) < 4.78 is 61.8. The second kappa shape index (κ2) is 8.89. The van der Waals surface area contributed by atoms with Crippen molar-refractivity contribution in [3.05, 3.63) is 63.4 Å². The first-order valence-corrected chi connectivity index (χ1v) is 9.32. The smallest absolute Gasteiger partial charge is 0.392 e. The molecule has 0 aliphatic rings. The minimum Gasteiger partial charge on any atom is -0.496 e. The zero-order valence-electron chi connectivity index (χ0n) is 15.4. The largest absolute Gasteiger partial charge is 0.496 e. The summed E-state index contributed by atoms with van der Waals surface area (Å²) >= 11 is 11.9. The van der Waals surface area contributed by atoms with E-state index < -0.39 is 23.3 Å². The molecule has 0 fully saturated rings. The van der Waals surface area contributed by atoms with Crippen LogP contribution < -0.4 is 10.5 Å². The standard InChI is InChI=1S/C20H21Cl2F4NO/c1-19(5-6-27,16-11-15(23)3-4-17(16)28-2)18(20(24,25)26)9-12-7-13(21)10-14(22)8-12/h3-4,7-8,10-11,18H,5-6,9,27H2,1-2H3. The van der Waals surface area contributed by atoms with Gasteiger partial charge in [-0.05, 0) is 61.3 Å². The van der Waals surface area contributed by atoms with E-state index in [9.17, 15) is 17.6 Å². The van der Waals surface area contributed by atoms with Crippen LogP contribution in [-0.2, 0) is 11.8 Å². The third kappa shape index (κ3) is 5.10. The molecule has 0 saturated carbocycles. The molecule has 0 amide bonds. The predicted octanol–water partition coefficient (Wildman–Crippen LogP) is 6.17. The minimum absolute atomic E-state index is 0.0148. The molecule has 0 radical (unpaired) electrons. The molecule has 2 aromatic carbocycles. The number of ether oxygens (including phenoxy) is 1. The van der Waals surface area contributed by atoms with Crippen LogP contribution in [0.4, 0.5) is 17.6 Å². The van der Waals surface area contributed by atoms with Crippen molar-refractivity contribution in [1.82, 2.24) is 0 Å². The van der Waals surface area contributed by atoms with Crippen LogP contribution in [0.3, 0.4) is 0 Å². The van der Waals surface area contributed by atoms with Crippen LogP contribution in [0.15, 0.2) is 36.4 Å². The first-order chi connectivity index (χ1) is 13.0. The van der Waals surface area contributed by atoms with E-state index in [0.29, 0.717) is 5.56 Å². The number of nitrogens with two attached hydrogens (primary N) is 1. The van der Waals surface area contributed by atoms with E-state index >= 15 is 0 Å². The Kier molecular flexibility index (Phi) is 7.23. The summed E-state index contributed by atoms with van der Waals surface area (Å²) in [4.78, 5) is 0. The van der Waals surface area contributed by atoms with E-state index in [1.165, 1.54) is 38.3 Å². The molecule has 2 unspecified atom stereocenters. The van der Waals surface area contributed by atoms with Crippen LogP contribution in [-0.4, -0.2) is 19.8 Å². The van der Waals surface area contributed by atoms with Gasteiger partial charge in [0.25, 0.3) is 0 Å². The predicted molar refractivity (Wildman–Crippen MR) is 104 cm³/mol. The molecular weight excluding hydrogens is 417 g/mol. The molecule has 2 aromatic rings. The molecular formula is C20H21Cl2F4NO. The van der Waals surface area contributed by atoms with Crippen molar-refractivity contribution in [1.29, 1.82) is 0 Å². The molecule has 0 aliphatic heterocycles. The van der Waals surface area contributed by atoms with Crippen molar-refractivity contribution in [2.24, 2.45) is 11.7 Å². The summed E-state index contributed by atoms with van der Waals surface area (Å²) in [5.74, 6) is -2.34. The Hall–Kier alpha value is -1.50. The molecule has 0 spiro atoms. The number of hydrogen-bond acceptors (Lipinski definition) is 2. The van der Waals surface area contributed by atoms with Gasteiger partial charge in [-0.2, -0.15) is 13.2 Å². The van der Waals surface area contributed by atoms with E-state index in [1.54, 1.807) is 0 Å². The average molecular weight is 438 g/mol. The molecule has 2 nitrogen and oxygen atoms in total. The highest BCUT2D eigenvalue weighted by molar-refractivity contribution is 6.34.